The van der Waals surface area contributed by atoms with Crippen LogP contribution in [0.3, 0.4) is 0 Å². The summed E-state index contributed by atoms with van der Waals surface area (Å²) in [6.45, 7) is 2.28. The van der Waals surface area contributed by atoms with Crippen LogP contribution >= 0.6 is 0 Å². The minimum atomic E-state index is 0.646. The zero-order chi connectivity index (χ0) is 8.39. The highest BCUT2D eigenvalue weighted by molar-refractivity contribution is 4.85. The summed E-state index contributed by atoms with van der Waals surface area (Å²) in [5.74, 6) is 0.906. The van der Waals surface area contributed by atoms with Gasteiger partial charge in [0.05, 0.1) is 12.2 Å². The van der Waals surface area contributed by atoms with Crippen LogP contribution in [-0.4, -0.2) is 12.2 Å². The second-order valence-corrected chi connectivity index (χ2v) is 4.35. The second kappa shape index (κ2) is 3.78. The van der Waals surface area contributed by atoms with Gasteiger partial charge in [-0.15, -0.1) is 0 Å². The Hall–Kier alpha value is -0.0400. The maximum atomic E-state index is 5.91. The van der Waals surface area contributed by atoms with Crippen molar-refractivity contribution in [2.45, 2.75) is 64.1 Å². The summed E-state index contributed by atoms with van der Waals surface area (Å²) in [6.07, 6.45) is 10.9. The normalized spacial score (nSPS) is 40.2. The van der Waals surface area contributed by atoms with Gasteiger partial charge in [0.2, 0.25) is 0 Å². The summed E-state index contributed by atoms with van der Waals surface area (Å²) < 4.78 is 5.91. The van der Waals surface area contributed by atoms with Crippen molar-refractivity contribution in [3.8, 4) is 0 Å². The maximum Gasteiger partial charge on any atom is 0.0608 e. The third-order valence-corrected chi connectivity index (χ3v) is 3.45. The number of ether oxygens (including phenoxy) is 1. The van der Waals surface area contributed by atoms with E-state index in [4.69, 9.17) is 4.74 Å². The van der Waals surface area contributed by atoms with Crippen molar-refractivity contribution in [1.82, 2.24) is 0 Å². The lowest BCUT2D eigenvalue weighted by molar-refractivity contribution is -0.0346. The van der Waals surface area contributed by atoms with E-state index in [-0.39, 0.29) is 0 Å². The minimum Gasteiger partial charge on any atom is -0.375 e. The smallest absolute Gasteiger partial charge is 0.0608 e. The molecule has 1 heteroatoms. The largest absolute Gasteiger partial charge is 0.375 e. The van der Waals surface area contributed by atoms with E-state index >= 15 is 0 Å². The Morgan fingerprint density at radius 1 is 1.17 bits per heavy atom. The lowest BCUT2D eigenvalue weighted by Crippen LogP contribution is -2.27. The molecule has 2 saturated heterocycles. The van der Waals surface area contributed by atoms with Gasteiger partial charge in [0.1, 0.15) is 0 Å². The number of rotatable bonds is 3. The summed E-state index contributed by atoms with van der Waals surface area (Å²) in [6, 6.07) is 0. The van der Waals surface area contributed by atoms with Gasteiger partial charge >= 0.3 is 0 Å². The van der Waals surface area contributed by atoms with Crippen molar-refractivity contribution >= 4 is 0 Å². The Balaban J connectivity index is 1.81. The average molecular weight is 168 g/mol. The Labute approximate surface area is 75.5 Å². The molecule has 0 radical (unpaired) electrons. The van der Waals surface area contributed by atoms with E-state index in [1.54, 1.807) is 0 Å². The third-order valence-electron chi connectivity index (χ3n) is 3.45. The Morgan fingerprint density at radius 3 is 2.83 bits per heavy atom. The van der Waals surface area contributed by atoms with Gasteiger partial charge in [-0.25, -0.2) is 0 Å². The number of fused-ring (bicyclic) bond motifs is 2. The molecule has 0 amide bonds. The van der Waals surface area contributed by atoms with E-state index in [0.717, 1.165) is 5.92 Å². The SMILES string of the molecule is CCCC[C@@H]1CC[C@H]2CC[C@@H]1O2. The van der Waals surface area contributed by atoms with Crippen LogP contribution < -0.4 is 0 Å². The van der Waals surface area contributed by atoms with Crippen LogP contribution in [0.25, 0.3) is 0 Å². The Bertz CT molecular complexity index is 144. The topological polar surface area (TPSA) is 9.23 Å². The standard InChI is InChI=1S/C11H20O/c1-2-3-4-9-5-6-10-7-8-11(9)12-10/h9-11H,2-8H2,1H3/t9-,10+,11+/m1/s1. The molecule has 12 heavy (non-hydrogen) atoms. The fourth-order valence-corrected chi connectivity index (χ4v) is 2.68. The van der Waals surface area contributed by atoms with E-state index in [1.165, 1.54) is 44.9 Å². The molecule has 2 aliphatic rings. The van der Waals surface area contributed by atoms with Crippen LogP contribution in [0, 0.1) is 5.92 Å². The molecule has 2 heterocycles. The predicted molar refractivity (Wildman–Crippen MR) is 50.1 cm³/mol. The molecule has 2 bridgehead atoms. The van der Waals surface area contributed by atoms with Gasteiger partial charge in [0, 0.05) is 0 Å². The molecular formula is C11H20O. The molecule has 3 atom stereocenters. The average Bonchev–Trinajstić information content (AvgIpc) is 2.48. The fourth-order valence-electron chi connectivity index (χ4n) is 2.68. The van der Waals surface area contributed by atoms with Crippen molar-refractivity contribution in [2.75, 3.05) is 0 Å². The lowest BCUT2D eigenvalue weighted by atomic mass is 9.90. The molecule has 0 saturated carbocycles. The molecule has 1 nitrogen and oxygen atoms in total. The highest BCUT2D eigenvalue weighted by atomic mass is 16.5. The predicted octanol–water partition coefficient (Wildman–Crippen LogP) is 3.13. The molecule has 0 aliphatic carbocycles. The van der Waals surface area contributed by atoms with Crippen LogP contribution in [0.1, 0.15) is 51.9 Å². The van der Waals surface area contributed by atoms with Gasteiger partial charge in [0.15, 0.2) is 0 Å². The van der Waals surface area contributed by atoms with Crippen molar-refractivity contribution in [1.29, 1.82) is 0 Å². The summed E-state index contributed by atoms with van der Waals surface area (Å²) in [4.78, 5) is 0. The molecule has 0 spiro atoms. The summed E-state index contributed by atoms with van der Waals surface area (Å²) in [5.41, 5.74) is 0. The molecule has 0 aromatic heterocycles. The molecule has 2 rings (SSSR count). The first-order valence-corrected chi connectivity index (χ1v) is 5.55. The van der Waals surface area contributed by atoms with Gasteiger partial charge in [0.25, 0.3) is 0 Å². The third kappa shape index (κ3) is 1.66. The van der Waals surface area contributed by atoms with Crippen molar-refractivity contribution < 1.29 is 4.74 Å². The van der Waals surface area contributed by atoms with E-state index in [9.17, 15) is 0 Å². The molecule has 0 aromatic carbocycles. The second-order valence-electron chi connectivity index (χ2n) is 4.35. The van der Waals surface area contributed by atoms with Crippen molar-refractivity contribution in [3.05, 3.63) is 0 Å². The highest BCUT2D eigenvalue weighted by Crippen LogP contribution is 2.38. The van der Waals surface area contributed by atoms with Crippen LogP contribution in [0.2, 0.25) is 0 Å². The molecular weight excluding hydrogens is 148 g/mol. The number of hydrogen-bond acceptors (Lipinski definition) is 1. The van der Waals surface area contributed by atoms with Gasteiger partial charge < -0.3 is 4.74 Å². The molecule has 0 aromatic rings. The van der Waals surface area contributed by atoms with E-state index in [2.05, 4.69) is 6.92 Å². The highest BCUT2D eigenvalue weighted by Gasteiger charge is 2.35. The van der Waals surface area contributed by atoms with Gasteiger partial charge in [-0.1, -0.05) is 19.8 Å². The maximum absolute atomic E-state index is 5.91. The van der Waals surface area contributed by atoms with Crippen molar-refractivity contribution in [3.63, 3.8) is 0 Å². The van der Waals surface area contributed by atoms with Crippen LogP contribution in [0.5, 0.6) is 0 Å². The Kier molecular flexibility index (Phi) is 2.69. The summed E-state index contributed by atoms with van der Waals surface area (Å²) in [7, 11) is 0. The lowest BCUT2D eigenvalue weighted by Gasteiger charge is -2.29. The number of hydrogen-bond donors (Lipinski definition) is 0. The zero-order valence-electron chi connectivity index (χ0n) is 8.09. The molecule has 2 aliphatic heterocycles. The monoisotopic (exact) mass is 168 g/mol. The zero-order valence-corrected chi connectivity index (χ0v) is 8.09. The van der Waals surface area contributed by atoms with Crippen LogP contribution in [-0.2, 0) is 4.74 Å². The quantitative estimate of drug-likeness (QED) is 0.629. The first kappa shape index (κ1) is 8.55. The van der Waals surface area contributed by atoms with Gasteiger partial charge in [-0.3, -0.25) is 0 Å². The van der Waals surface area contributed by atoms with Crippen LogP contribution in [0.4, 0.5) is 0 Å². The molecule has 0 unspecified atom stereocenters. The van der Waals surface area contributed by atoms with E-state index < -0.39 is 0 Å². The summed E-state index contributed by atoms with van der Waals surface area (Å²) >= 11 is 0. The van der Waals surface area contributed by atoms with Crippen molar-refractivity contribution in [2.24, 2.45) is 5.92 Å². The van der Waals surface area contributed by atoms with Gasteiger partial charge in [-0.2, -0.15) is 0 Å². The minimum absolute atomic E-state index is 0.646. The molecule has 0 N–H and O–H groups in total. The number of unbranched alkanes of at least 4 members (excludes halogenated alkanes) is 1. The molecule has 2 fully saturated rings. The van der Waals surface area contributed by atoms with Crippen LogP contribution in [0.15, 0.2) is 0 Å². The van der Waals surface area contributed by atoms with Gasteiger partial charge in [-0.05, 0) is 38.0 Å². The molecule has 70 valence electrons. The first-order valence-electron chi connectivity index (χ1n) is 5.55. The van der Waals surface area contributed by atoms with E-state index in [1.807, 2.05) is 0 Å². The Morgan fingerprint density at radius 2 is 2.00 bits per heavy atom. The summed E-state index contributed by atoms with van der Waals surface area (Å²) in [5, 5.41) is 0. The fraction of sp³-hybridized carbons (Fsp3) is 1.00. The van der Waals surface area contributed by atoms with E-state index in [0.29, 0.717) is 12.2 Å². The first-order chi connectivity index (χ1) is 5.90.